The first-order valence-electron chi connectivity index (χ1n) is 13.9. The Kier molecular flexibility index (Phi) is 9.62. The maximum absolute atomic E-state index is 14.6. The number of aliphatic hydroxyl groups is 1. The third kappa shape index (κ3) is 8.19. The Balaban J connectivity index is 1.99. The molecule has 0 bridgehead atoms. The average Bonchev–Trinajstić information content (AvgIpc) is 2.81. The number of halogens is 1. The van der Waals surface area contributed by atoms with Gasteiger partial charge in [0.25, 0.3) is 0 Å². The molecule has 3 rings (SSSR count). The van der Waals surface area contributed by atoms with Crippen LogP contribution < -0.4 is 5.73 Å². The second kappa shape index (κ2) is 12.1. The van der Waals surface area contributed by atoms with Crippen LogP contribution in [0.2, 0.25) is 0 Å². The number of anilines is 1. The van der Waals surface area contributed by atoms with E-state index in [1.165, 1.54) is 11.0 Å². The van der Waals surface area contributed by atoms with Crippen molar-refractivity contribution in [3.05, 3.63) is 64.5 Å². The number of nitrogens with zero attached hydrogens (tertiary/aromatic N) is 1. The summed E-state index contributed by atoms with van der Waals surface area (Å²) in [4.78, 5) is 14.8. The molecule has 1 aliphatic rings. The van der Waals surface area contributed by atoms with Gasteiger partial charge in [-0.1, -0.05) is 64.4 Å². The van der Waals surface area contributed by atoms with Gasteiger partial charge in [0, 0.05) is 12.5 Å². The molecule has 1 heterocycles. The van der Waals surface area contributed by atoms with E-state index < -0.39 is 45.4 Å². The molecule has 1 amide bonds. The SMILES string of the molecule is CCCc1cc(CC2CS(=O)(=O)CC(N(Cc3cccc(C(C)(C)C)c3)C(=O)OC(C)(C)C)C2O)cc(F)c1N. The number of rotatable bonds is 7. The highest BCUT2D eigenvalue weighted by Gasteiger charge is 2.45. The van der Waals surface area contributed by atoms with Gasteiger partial charge in [0.15, 0.2) is 9.84 Å². The topological polar surface area (TPSA) is 110 Å². The average molecular weight is 577 g/mol. The van der Waals surface area contributed by atoms with Crippen LogP contribution in [0.3, 0.4) is 0 Å². The number of hydrogen-bond donors (Lipinski definition) is 2. The summed E-state index contributed by atoms with van der Waals surface area (Å²) < 4.78 is 46.6. The molecule has 222 valence electrons. The minimum absolute atomic E-state index is 0.0694. The van der Waals surface area contributed by atoms with Crippen molar-refractivity contribution in [3.8, 4) is 0 Å². The number of aliphatic hydroxyl groups excluding tert-OH is 1. The van der Waals surface area contributed by atoms with E-state index in [1.807, 2.05) is 31.2 Å². The van der Waals surface area contributed by atoms with Crippen molar-refractivity contribution in [2.45, 2.75) is 97.4 Å². The molecular weight excluding hydrogens is 531 g/mol. The van der Waals surface area contributed by atoms with Crippen LogP contribution >= 0.6 is 0 Å². The van der Waals surface area contributed by atoms with Crippen molar-refractivity contribution in [2.75, 3.05) is 17.2 Å². The fourth-order valence-corrected chi connectivity index (χ4v) is 7.23. The van der Waals surface area contributed by atoms with Crippen LogP contribution in [0.4, 0.5) is 14.9 Å². The Hall–Kier alpha value is -2.65. The molecule has 40 heavy (non-hydrogen) atoms. The Bertz CT molecular complexity index is 1310. The van der Waals surface area contributed by atoms with Crippen LogP contribution in [0.5, 0.6) is 0 Å². The zero-order valence-corrected chi connectivity index (χ0v) is 25.6. The number of amides is 1. The van der Waals surface area contributed by atoms with E-state index in [0.29, 0.717) is 17.5 Å². The first-order chi connectivity index (χ1) is 18.4. The highest BCUT2D eigenvalue weighted by atomic mass is 32.2. The Morgan fingerprint density at radius 2 is 1.77 bits per heavy atom. The summed E-state index contributed by atoms with van der Waals surface area (Å²) in [7, 11) is -3.65. The number of sulfone groups is 1. The van der Waals surface area contributed by atoms with Gasteiger partial charge in [-0.15, -0.1) is 0 Å². The van der Waals surface area contributed by atoms with Crippen molar-refractivity contribution in [1.29, 1.82) is 0 Å². The summed E-state index contributed by atoms with van der Waals surface area (Å²) in [5.41, 5.74) is 8.16. The molecule has 2 aromatic carbocycles. The molecule has 7 nitrogen and oxygen atoms in total. The Morgan fingerprint density at radius 1 is 1.10 bits per heavy atom. The number of carbonyl (C=O) groups excluding carboxylic acids is 1. The number of carbonyl (C=O) groups is 1. The molecule has 1 fully saturated rings. The minimum Gasteiger partial charge on any atom is -0.444 e. The van der Waals surface area contributed by atoms with E-state index in [-0.39, 0.29) is 35.6 Å². The van der Waals surface area contributed by atoms with Gasteiger partial charge in [0.05, 0.1) is 29.3 Å². The van der Waals surface area contributed by atoms with Crippen LogP contribution in [0, 0.1) is 11.7 Å². The zero-order valence-electron chi connectivity index (χ0n) is 24.8. The summed E-state index contributed by atoms with van der Waals surface area (Å²) in [6.07, 6.45) is -0.372. The number of nitrogens with two attached hydrogens (primary N) is 1. The lowest BCUT2D eigenvalue weighted by Gasteiger charge is -2.41. The monoisotopic (exact) mass is 576 g/mol. The van der Waals surface area contributed by atoms with E-state index in [2.05, 4.69) is 20.8 Å². The molecular formula is C31H45FN2O5S. The Labute approximate surface area is 238 Å². The Morgan fingerprint density at radius 3 is 2.38 bits per heavy atom. The molecule has 0 aliphatic carbocycles. The maximum atomic E-state index is 14.6. The van der Waals surface area contributed by atoms with Crippen molar-refractivity contribution in [3.63, 3.8) is 0 Å². The zero-order chi connectivity index (χ0) is 30.0. The molecule has 1 saturated heterocycles. The lowest BCUT2D eigenvalue weighted by Crippen LogP contribution is -2.58. The summed E-state index contributed by atoms with van der Waals surface area (Å²) in [5, 5.41) is 11.6. The predicted octanol–water partition coefficient (Wildman–Crippen LogP) is 5.41. The molecule has 1 aliphatic heterocycles. The van der Waals surface area contributed by atoms with Crippen LogP contribution in [0.15, 0.2) is 36.4 Å². The highest BCUT2D eigenvalue weighted by molar-refractivity contribution is 7.91. The van der Waals surface area contributed by atoms with Gasteiger partial charge in [0.2, 0.25) is 0 Å². The lowest BCUT2D eigenvalue weighted by molar-refractivity contribution is -0.0172. The van der Waals surface area contributed by atoms with Crippen LogP contribution in [0.1, 0.15) is 77.1 Å². The molecule has 3 unspecified atom stereocenters. The normalized spacial score (nSPS) is 21.2. The number of nitrogen functional groups attached to an aromatic ring is 1. The first kappa shape index (κ1) is 31.9. The summed E-state index contributed by atoms with van der Waals surface area (Å²) >= 11 is 0. The van der Waals surface area contributed by atoms with Gasteiger partial charge < -0.3 is 15.6 Å². The fraction of sp³-hybridized carbons (Fsp3) is 0.581. The molecule has 9 heteroatoms. The summed E-state index contributed by atoms with van der Waals surface area (Å²) in [6, 6.07) is 9.84. The summed E-state index contributed by atoms with van der Waals surface area (Å²) in [5.74, 6) is -1.95. The van der Waals surface area contributed by atoms with Gasteiger partial charge in [0.1, 0.15) is 11.4 Å². The van der Waals surface area contributed by atoms with Crippen LogP contribution in [-0.4, -0.2) is 53.8 Å². The largest absolute Gasteiger partial charge is 0.444 e. The van der Waals surface area contributed by atoms with Gasteiger partial charge >= 0.3 is 6.09 Å². The number of ether oxygens (including phenoxy) is 1. The first-order valence-corrected chi connectivity index (χ1v) is 15.8. The van der Waals surface area contributed by atoms with Gasteiger partial charge in [-0.05, 0) is 67.3 Å². The molecule has 0 aromatic heterocycles. The molecule has 0 saturated carbocycles. The van der Waals surface area contributed by atoms with E-state index >= 15 is 0 Å². The fourth-order valence-electron chi connectivity index (χ4n) is 5.22. The van der Waals surface area contributed by atoms with E-state index in [1.54, 1.807) is 26.8 Å². The standard InChI is InChI=1S/C31H45FN2O5S/c1-8-10-22-13-21(16-25(32)27(22)33)14-23-18-40(37,38)19-26(28(23)35)34(29(36)39-31(5,6)7)17-20-11-9-12-24(15-20)30(2,3)4/h9,11-13,15-16,23,26,28,35H,8,10,14,17-19,33H2,1-7H3. The van der Waals surface area contributed by atoms with Crippen molar-refractivity contribution >= 4 is 21.6 Å². The lowest BCUT2D eigenvalue weighted by atomic mass is 9.86. The predicted molar refractivity (Wildman–Crippen MR) is 157 cm³/mol. The number of aryl methyl sites for hydroxylation is 1. The minimum atomic E-state index is -3.65. The smallest absolute Gasteiger partial charge is 0.410 e. The third-order valence-electron chi connectivity index (χ3n) is 7.24. The molecule has 0 spiro atoms. The second-order valence-corrected chi connectivity index (χ2v) is 15.2. The van der Waals surface area contributed by atoms with E-state index in [4.69, 9.17) is 10.5 Å². The highest BCUT2D eigenvalue weighted by Crippen LogP contribution is 2.31. The second-order valence-electron chi connectivity index (χ2n) is 13.1. The van der Waals surface area contributed by atoms with E-state index in [9.17, 15) is 22.7 Å². The third-order valence-corrected chi connectivity index (χ3v) is 9.02. The molecule has 3 N–H and O–H groups in total. The molecule has 3 atom stereocenters. The van der Waals surface area contributed by atoms with Crippen LogP contribution in [0.25, 0.3) is 0 Å². The number of benzene rings is 2. The number of hydrogen-bond acceptors (Lipinski definition) is 6. The molecule has 2 aromatic rings. The van der Waals surface area contributed by atoms with Gasteiger partial charge in [-0.3, -0.25) is 4.90 Å². The summed E-state index contributed by atoms with van der Waals surface area (Å²) in [6.45, 7) is 13.5. The van der Waals surface area contributed by atoms with Crippen molar-refractivity contribution in [2.24, 2.45) is 5.92 Å². The maximum Gasteiger partial charge on any atom is 0.410 e. The van der Waals surface area contributed by atoms with Crippen molar-refractivity contribution < 1.29 is 27.4 Å². The van der Waals surface area contributed by atoms with Crippen LogP contribution in [-0.2, 0) is 39.4 Å². The molecule has 0 radical (unpaired) electrons. The van der Waals surface area contributed by atoms with E-state index in [0.717, 1.165) is 17.5 Å². The van der Waals surface area contributed by atoms with Gasteiger partial charge in [-0.25, -0.2) is 17.6 Å². The van der Waals surface area contributed by atoms with Gasteiger partial charge in [-0.2, -0.15) is 0 Å². The van der Waals surface area contributed by atoms with Crippen molar-refractivity contribution in [1.82, 2.24) is 4.90 Å². The quantitative estimate of drug-likeness (QED) is 0.427.